The van der Waals surface area contributed by atoms with Crippen molar-refractivity contribution in [1.82, 2.24) is 10.3 Å². The molecule has 0 aromatic carbocycles. The molecule has 4 nitrogen and oxygen atoms in total. The molecule has 1 aromatic rings. The van der Waals surface area contributed by atoms with Gasteiger partial charge in [0.1, 0.15) is 0 Å². The number of methoxy groups -OCH3 is 1. The summed E-state index contributed by atoms with van der Waals surface area (Å²) >= 11 is 1.96. The molecule has 0 saturated heterocycles. The molecule has 5 heteroatoms. The molecule has 0 spiro atoms. The Balaban J connectivity index is 2.25. The van der Waals surface area contributed by atoms with Crippen LogP contribution in [0.1, 0.15) is 29.4 Å². The molecule has 0 amide bonds. The first-order chi connectivity index (χ1) is 8.77. The second kappa shape index (κ2) is 8.94. The fourth-order valence-electron chi connectivity index (χ4n) is 1.43. The first kappa shape index (κ1) is 15.0. The molecule has 0 unspecified atom stereocenters. The summed E-state index contributed by atoms with van der Waals surface area (Å²) in [6, 6.07) is 3.59. The van der Waals surface area contributed by atoms with Gasteiger partial charge in [0.15, 0.2) is 0 Å². The van der Waals surface area contributed by atoms with Crippen molar-refractivity contribution in [2.75, 3.05) is 25.2 Å². The van der Waals surface area contributed by atoms with Crippen LogP contribution in [0, 0.1) is 0 Å². The quantitative estimate of drug-likeness (QED) is 0.578. The highest BCUT2D eigenvalue weighted by molar-refractivity contribution is 7.99. The fourth-order valence-corrected chi connectivity index (χ4v) is 2.06. The predicted octanol–water partition coefficient (Wildman–Crippen LogP) is 2.10. The molecular weight excluding hydrogens is 248 g/mol. The zero-order valence-electron chi connectivity index (χ0n) is 10.9. The molecule has 0 atom stereocenters. The van der Waals surface area contributed by atoms with E-state index < -0.39 is 0 Å². The second-order valence-electron chi connectivity index (χ2n) is 3.76. The molecule has 0 fully saturated rings. The molecule has 0 aliphatic heterocycles. The van der Waals surface area contributed by atoms with Crippen molar-refractivity contribution in [3.05, 3.63) is 29.6 Å². The third kappa shape index (κ3) is 5.51. The Morgan fingerprint density at radius 1 is 1.50 bits per heavy atom. The van der Waals surface area contributed by atoms with Gasteiger partial charge in [-0.2, -0.15) is 11.8 Å². The topological polar surface area (TPSA) is 51.2 Å². The third-order valence-corrected chi connectivity index (χ3v) is 3.38. The van der Waals surface area contributed by atoms with Gasteiger partial charge in [-0.05, 0) is 36.6 Å². The molecule has 100 valence electrons. The number of rotatable bonds is 8. The van der Waals surface area contributed by atoms with Gasteiger partial charge >= 0.3 is 5.97 Å². The van der Waals surface area contributed by atoms with Gasteiger partial charge in [-0.1, -0.05) is 6.92 Å². The monoisotopic (exact) mass is 268 g/mol. The Bertz CT molecular complexity index is 355. The average molecular weight is 268 g/mol. The van der Waals surface area contributed by atoms with E-state index in [2.05, 4.69) is 22.0 Å². The van der Waals surface area contributed by atoms with E-state index in [0.29, 0.717) is 5.56 Å². The van der Waals surface area contributed by atoms with Crippen LogP contribution >= 0.6 is 11.8 Å². The molecule has 0 aliphatic carbocycles. The number of nitrogens with zero attached hydrogens (tertiary/aromatic N) is 1. The van der Waals surface area contributed by atoms with Gasteiger partial charge in [-0.15, -0.1) is 0 Å². The normalized spacial score (nSPS) is 10.3. The highest BCUT2D eigenvalue weighted by Gasteiger charge is 2.04. The van der Waals surface area contributed by atoms with Gasteiger partial charge in [-0.3, -0.25) is 4.98 Å². The summed E-state index contributed by atoms with van der Waals surface area (Å²) in [6.45, 7) is 3.90. The predicted molar refractivity (Wildman–Crippen MR) is 74.9 cm³/mol. The van der Waals surface area contributed by atoms with Crippen LogP contribution in [0.5, 0.6) is 0 Å². The highest BCUT2D eigenvalue weighted by Crippen LogP contribution is 2.02. The van der Waals surface area contributed by atoms with Crippen LogP contribution in [-0.4, -0.2) is 36.1 Å². The Kier molecular flexibility index (Phi) is 7.44. The molecule has 1 N–H and O–H groups in total. The number of aromatic nitrogens is 1. The Morgan fingerprint density at radius 3 is 2.94 bits per heavy atom. The van der Waals surface area contributed by atoms with Crippen LogP contribution in [-0.2, 0) is 11.3 Å². The van der Waals surface area contributed by atoms with E-state index >= 15 is 0 Å². The van der Waals surface area contributed by atoms with Crippen LogP contribution in [0.2, 0.25) is 0 Å². The lowest BCUT2D eigenvalue weighted by atomic mass is 10.2. The molecule has 0 saturated carbocycles. The van der Waals surface area contributed by atoms with E-state index in [1.165, 1.54) is 25.0 Å². The number of pyridine rings is 1. The number of hydrogen-bond donors (Lipinski definition) is 1. The zero-order valence-corrected chi connectivity index (χ0v) is 11.8. The molecule has 0 radical (unpaired) electrons. The molecule has 1 rings (SSSR count). The van der Waals surface area contributed by atoms with Crippen molar-refractivity contribution in [3.63, 3.8) is 0 Å². The van der Waals surface area contributed by atoms with Crippen molar-refractivity contribution in [2.45, 2.75) is 19.9 Å². The molecule has 1 heterocycles. The van der Waals surface area contributed by atoms with Gasteiger partial charge in [-0.25, -0.2) is 4.79 Å². The average Bonchev–Trinajstić information content (AvgIpc) is 2.42. The van der Waals surface area contributed by atoms with E-state index in [-0.39, 0.29) is 5.97 Å². The van der Waals surface area contributed by atoms with Crippen molar-refractivity contribution < 1.29 is 9.53 Å². The van der Waals surface area contributed by atoms with E-state index in [1.807, 2.05) is 17.8 Å². The minimum absolute atomic E-state index is 0.349. The molecule has 0 aliphatic rings. The minimum atomic E-state index is -0.349. The number of esters is 1. The molecule has 1 aromatic heterocycles. The summed E-state index contributed by atoms with van der Waals surface area (Å²) in [5.74, 6) is 2.02. The lowest BCUT2D eigenvalue weighted by Crippen LogP contribution is -2.16. The standard InChI is InChI=1S/C13H20N2O2S/c1-3-18-8-4-7-14-10-12-6-5-11(9-15-12)13(16)17-2/h5-6,9,14H,3-4,7-8,10H2,1-2H3. The third-order valence-electron chi connectivity index (χ3n) is 2.40. The van der Waals surface area contributed by atoms with Gasteiger partial charge < -0.3 is 10.1 Å². The maximum Gasteiger partial charge on any atom is 0.339 e. The van der Waals surface area contributed by atoms with Crippen molar-refractivity contribution >= 4 is 17.7 Å². The van der Waals surface area contributed by atoms with Crippen molar-refractivity contribution in [3.8, 4) is 0 Å². The summed E-state index contributed by atoms with van der Waals surface area (Å²) in [5.41, 5.74) is 1.42. The molecule has 18 heavy (non-hydrogen) atoms. The number of nitrogens with one attached hydrogen (secondary N) is 1. The van der Waals surface area contributed by atoms with Gasteiger partial charge in [0, 0.05) is 12.7 Å². The van der Waals surface area contributed by atoms with Crippen LogP contribution in [0.4, 0.5) is 0 Å². The Morgan fingerprint density at radius 2 is 2.33 bits per heavy atom. The largest absolute Gasteiger partial charge is 0.465 e. The van der Waals surface area contributed by atoms with Crippen molar-refractivity contribution in [2.24, 2.45) is 0 Å². The number of ether oxygens (including phenoxy) is 1. The summed E-state index contributed by atoms with van der Waals surface area (Å²) in [5, 5.41) is 3.33. The number of carbonyl (C=O) groups is 1. The lowest BCUT2D eigenvalue weighted by Gasteiger charge is -2.04. The van der Waals surface area contributed by atoms with E-state index in [1.54, 1.807) is 12.3 Å². The molecular formula is C13H20N2O2S. The van der Waals surface area contributed by atoms with Gasteiger partial charge in [0.05, 0.1) is 18.4 Å². The number of thioether (sulfide) groups is 1. The second-order valence-corrected chi connectivity index (χ2v) is 5.15. The number of carbonyl (C=O) groups excluding carboxylic acids is 1. The van der Waals surface area contributed by atoms with Gasteiger partial charge in [0.25, 0.3) is 0 Å². The SMILES string of the molecule is CCSCCCNCc1ccc(C(=O)OC)cn1. The van der Waals surface area contributed by atoms with Crippen LogP contribution in [0.3, 0.4) is 0 Å². The summed E-state index contributed by atoms with van der Waals surface area (Å²) in [4.78, 5) is 15.4. The minimum Gasteiger partial charge on any atom is -0.465 e. The van der Waals surface area contributed by atoms with E-state index in [0.717, 1.165) is 18.8 Å². The molecule has 0 bridgehead atoms. The van der Waals surface area contributed by atoms with E-state index in [4.69, 9.17) is 0 Å². The summed E-state index contributed by atoms with van der Waals surface area (Å²) < 4.78 is 4.62. The van der Waals surface area contributed by atoms with Crippen LogP contribution in [0.15, 0.2) is 18.3 Å². The summed E-state index contributed by atoms with van der Waals surface area (Å²) in [6.07, 6.45) is 2.72. The van der Waals surface area contributed by atoms with Gasteiger partial charge in [0.2, 0.25) is 0 Å². The summed E-state index contributed by atoms with van der Waals surface area (Å²) in [7, 11) is 1.37. The van der Waals surface area contributed by atoms with Crippen molar-refractivity contribution in [1.29, 1.82) is 0 Å². The van der Waals surface area contributed by atoms with Crippen LogP contribution in [0.25, 0.3) is 0 Å². The smallest absolute Gasteiger partial charge is 0.339 e. The van der Waals surface area contributed by atoms with Crippen LogP contribution < -0.4 is 5.32 Å². The zero-order chi connectivity index (χ0) is 13.2. The van der Waals surface area contributed by atoms with E-state index in [9.17, 15) is 4.79 Å². The fraction of sp³-hybridized carbons (Fsp3) is 0.538. The Hall–Kier alpha value is -1.07. The maximum atomic E-state index is 11.2. The lowest BCUT2D eigenvalue weighted by molar-refractivity contribution is 0.0600. The number of hydrogen-bond acceptors (Lipinski definition) is 5. The highest BCUT2D eigenvalue weighted by atomic mass is 32.2. The maximum absolute atomic E-state index is 11.2. The first-order valence-corrected chi connectivity index (χ1v) is 7.25. The Labute approximate surface area is 113 Å². The first-order valence-electron chi connectivity index (χ1n) is 6.09.